The minimum atomic E-state index is -3.36. The Morgan fingerprint density at radius 3 is 2.52 bits per heavy atom. The molecule has 0 amide bonds. The zero-order valence-electron chi connectivity index (χ0n) is 12.7. The molecule has 1 aromatic carbocycles. The van der Waals surface area contributed by atoms with Crippen LogP contribution in [0.5, 0.6) is 0 Å². The summed E-state index contributed by atoms with van der Waals surface area (Å²) in [5, 5.41) is 0. The van der Waals surface area contributed by atoms with Gasteiger partial charge in [0.05, 0.1) is 4.90 Å². The summed E-state index contributed by atoms with van der Waals surface area (Å²) in [5.74, 6) is 0.932. The molecule has 3 atom stereocenters. The van der Waals surface area contributed by atoms with Crippen LogP contribution in [0.1, 0.15) is 30.4 Å². The summed E-state index contributed by atoms with van der Waals surface area (Å²) in [5.41, 5.74) is 8.17. The fourth-order valence-corrected chi connectivity index (χ4v) is 5.28. The van der Waals surface area contributed by atoms with E-state index >= 15 is 0 Å². The Morgan fingerprint density at radius 2 is 1.81 bits per heavy atom. The Balaban J connectivity index is 1.84. The van der Waals surface area contributed by atoms with E-state index < -0.39 is 10.0 Å². The van der Waals surface area contributed by atoms with E-state index in [-0.39, 0.29) is 6.04 Å². The molecule has 1 aliphatic carbocycles. The Bertz CT molecular complexity index is 642. The maximum Gasteiger partial charge on any atom is 0.243 e. The van der Waals surface area contributed by atoms with Gasteiger partial charge in [0.25, 0.3) is 0 Å². The van der Waals surface area contributed by atoms with Crippen molar-refractivity contribution in [1.82, 2.24) is 4.31 Å². The molecule has 0 bridgehead atoms. The fourth-order valence-electron chi connectivity index (χ4n) is 3.64. The molecule has 116 valence electrons. The summed E-state index contributed by atoms with van der Waals surface area (Å²) in [6.07, 6.45) is 3.05. The van der Waals surface area contributed by atoms with E-state index in [0.29, 0.717) is 29.8 Å². The summed E-state index contributed by atoms with van der Waals surface area (Å²) in [6, 6.07) is 5.65. The van der Waals surface area contributed by atoms with E-state index in [1.54, 1.807) is 16.4 Å². The molecular formula is C16H24N2O2S. The summed E-state index contributed by atoms with van der Waals surface area (Å²) in [7, 11) is -3.36. The lowest BCUT2D eigenvalue weighted by molar-refractivity contribution is 0.271. The van der Waals surface area contributed by atoms with Crippen molar-refractivity contribution in [2.45, 2.75) is 44.0 Å². The van der Waals surface area contributed by atoms with Crippen LogP contribution in [0.25, 0.3) is 0 Å². The number of hydrogen-bond donors (Lipinski definition) is 1. The maximum atomic E-state index is 12.8. The first-order valence-corrected chi connectivity index (χ1v) is 9.15. The topological polar surface area (TPSA) is 63.4 Å². The van der Waals surface area contributed by atoms with Gasteiger partial charge in [0.2, 0.25) is 10.0 Å². The third-order valence-electron chi connectivity index (χ3n) is 5.17. The highest BCUT2D eigenvalue weighted by molar-refractivity contribution is 7.89. The van der Waals surface area contributed by atoms with Gasteiger partial charge in [0.1, 0.15) is 0 Å². The minimum absolute atomic E-state index is 0.246. The van der Waals surface area contributed by atoms with Crippen LogP contribution in [0, 0.1) is 25.7 Å². The average molecular weight is 308 g/mol. The summed E-state index contributed by atoms with van der Waals surface area (Å²) < 4.78 is 27.3. The van der Waals surface area contributed by atoms with Gasteiger partial charge in [-0.3, -0.25) is 0 Å². The molecule has 2 N–H and O–H groups in total. The highest BCUT2D eigenvalue weighted by atomic mass is 32.2. The van der Waals surface area contributed by atoms with Crippen LogP contribution in [-0.4, -0.2) is 31.9 Å². The summed E-state index contributed by atoms with van der Waals surface area (Å²) in [4.78, 5) is 0.425. The first-order chi connectivity index (χ1) is 9.88. The smallest absolute Gasteiger partial charge is 0.243 e. The molecule has 1 aromatic rings. The monoisotopic (exact) mass is 308 g/mol. The standard InChI is InChI=1S/C16H24N2O2S/c1-11-3-6-16(7-12(11)2)21(19,20)18-9-13-4-5-15(17)8-14(13)10-18/h3,6-7,13-15H,4-5,8-10,17H2,1-2H3/t13-,14+,15?/m1/s1. The third-order valence-corrected chi connectivity index (χ3v) is 7.00. The van der Waals surface area contributed by atoms with Gasteiger partial charge in [0.15, 0.2) is 0 Å². The fraction of sp³-hybridized carbons (Fsp3) is 0.625. The van der Waals surface area contributed by atoms with Crippen molar-refractivity contribution < 1.29 is 8.42 Å². The second-order valence-corrected chi connectivity index (χ2v) is 8.60. The number of aryl methyl sites for hydroxylation is 2. The van der Waals surface area contributed by atoms with Crippen molar-refractivity contribution in [1.29, 1.82) is 0 Å². The number of benzene rings is 1. The van der Waals surface area contributed by atoms with Crippen LogP contribution in [0.4, 0.5) is 0 Å². The molecule has 1 heterocycles. The van der Waals surface area contributed by atoms with Gasteiger partial charge in [-0.2, -0.15) is 4.31 Å². The molecule has 1 saturated carbocycles. The quantitative estimate of drug-likeness (QED) is 0.909. The molecule has 21 heavy (non-hydrogen) atoms. The van der Waals surface area contributed by atoms with Crippen molar-refractivity contribution in [2.75, 3.05) is 13.1 Å². The molecule has 2 fully saturated rings. The van der Waals surface area contributed by atoms with Crippen LogP contribution in [0.3, 0.4) is 0 Å². The number of rotatable bonds is 2. The molecule has 1 saturated heterocycles. The summed E-state index contributed by atoms with van der Waals surface area (Å²) >= 11 is 0. The Morgan fingerprint density at radius 1 is 1.10 bits per heavy atom. The van der Waals surface area contributed by atoms with Gasteiger partial charge in [0, 0.05) is 19.1 Å². The van der Waals surface area contributed by atoms with Crippen molar-refractivity contribution in [3.8, 4) is 0 Å². The second kappa shape index (κ2) is 5.38. The van der Waals surface area contributed by atoms with E-state index in [4.69, 9.17) is 5.73 Å². The van der Waals surface area contributed by atoms with Crippen LogP contribution >= 0.6 is 0 Å². The number of sulfonamides is 1. The molecule has 1 unspecified atom stereocenters. The largest absolute Gasteiger partial charge is 0.328 e. The van der Waals surface area contributed by atoms with E-state index in [1.165, 1.54) is 0 Å². The van der Waals surface area contributed by atoms with E-state index in [9.17, 15) is 8.42 Å². The number of nitrogens with zero attached hydrogens (tertiary/aromatic N) is 1. The van der Waals surface area contributed by atoms with E-state index in [2.05, 4.69) is 0 Å². The first kappa shape index (κ1) is 15.0. The number of nitrogens with two attached hydrogens (primary N) is 1. The Hall–Kier alpha value is -0.910. The highest BCUT2D eigenvalue weighted by Crippen LogP contribution is 2.38. The zero-order chi connectivity index (χ0) is 15.2. The predicted octanol–water partition coefficient (Wildman–Crippen LogP) is 2.05. The lowest BCUT2D eigenvalue weighted by atomic mass is 9.79. The van der Waals surface area contributed by atoms with Gasteiger partial charge in [-0.1, -0.05) is 6.07 Å². The van der Waals surface area contributed by atoms with Crippen LogP contribution in [0.15, 0.2) is 23.1 Å². The van der Waals surface area contributed by atoms with Gasteiger partial charge in [-0.25, -0.2) is 8.42 Å². The molecule has 5 heteroatoms. The van der Waals surface area contributed by atoms with Crippen LogP contribution in [-0.2, 0) is 10.0 Å². The number of hydrogen-bond acceptors (Lipinski definition) is 3. The SMILES string of the molecule is Cc1ccc(S(=O)(=O)N2C[C@H]3CCC(N)C[C@H]3C2)cc1C. The third kappa shape index (κ3) is 2.74. The molecule has 4 nitrogen and oxygen atoms in total. The number of fused-ring (bicyclic) bond motifs is 1. The minimum Gasteiger partial charge on any atom is -0.328 e. The molecule has 0 aromatic heterocycles. The van der Waals surface area contributed by atoms with Gasteiger partial charge in [-0.05, 0) is 68.2 Å². The molecule has 0 spiro atoms. The summed E-state index contributed by atoms with van der Waals surface area (Å²) in [6.45, 7) is 5.24. The van der Waals surface area contributed by atoms with Gasteiger partial charge in [-0.15, -0.1) is 0 Å². The van der Waals surface area contributed by atoms with Gasteiger partial charge < -0.3 is 5.73 Å². The Labute approximate surface area is 127 Å². The average Bonchev–Trinajstić information content (AvgIpc) is 2.85. The first-order valence-electron chi connectivity index (χ1n) is 7.71. The lowest BCUT2D eigenvalue weighted by Crippen LogP contribution is -2.32. The normalized spacial score (nSPS) is 30.3. The molecule has 3 rings (SSSR count). The molecule has 0 radical (unpaired) electrons. The molecular weight excluding hydrogens is 284 g/mol. The van der Waals surface area contributed by atoms with E-state index in [1.807, 2.05) is 19.9 Å². The van der Waals surface area contributed by atoms with Crippen LogP contribution in [0.2, 0.25) is 0 Å². The van der Waals surface area contributed by atoms with Gasteiger partial charge >= 0.3 is 0 Å². The maximum absolute atomic E-state index is 12.8. The second-order valence-electron chi connectivity index (χ2n) is 6.66. The molecule has 1 aliphatic heterocycles. The lowest BCUT2D eigenvalue weighted by Gasteiger charge is -2.28. The van der Waals surface area contributed by atoms with Crippen molar-refractivity contribution >= 4 is 10.0 Å². The van der Waals surface area contributed by atoms with E-state index in [0.717, 1.165) is 30.4 Å². The Kier molecular flexibility index (Phi) is 3.84. The van der Waals surface area contributed by atoms with Crippen molar-refractivity contribution in [3.05, 3.63) is 29.3 Å². The predicted molar refractivity (Wildman–Crippen MR) is 83.5 cm³/mol. The molecule has 2 aliphatic rings. The van der Waals surface area contributed by atoms with Crippen molar-refractivity contribution in [3.63, 3.8) is 0 Å². The van der Waals surface area contributed by atoms with Crippen LogP contribution < -0.4 is 5.73 Å². The van der Waals surface area contributed by atoms with Crippen molar-refractivity contribution in [2.24, 2.45) is 17.6 Å². The highest BCUT2D eigenvalue weighted by Gasteiger charge is 2.41. The zero-order valence-corrected chi connectivity index (χ0v) is 13.6.